The molecule has 0 nitrogen and oxygen atoms in total. The Kier molecular flexibility index (Phi) is 4.29. The highest BCUT2D eigenvalue weighted by atomic mass is 32.2. The molecule has 0 bridgehead atoms. The Hall–Kier alpha value is 0.140. The Morgan fingerprint density at radius 2 is 1.73 bits per heavy atom. The second-order valence-electron chi connectivity index (χ2n) is 2.62. The van der Waals surface area contributed by atoms with Crippen LogP contribution in [0.4, 0.5) is 13.2 Å². The highest BCUT2D eigenvalue weighted by Gasteiger charge is 2.38. The second kappa shape index (κ2) is 4.24. The number of hydrogen-bond acceptors (Lipinski definition) is 1. The van der Waals surface area contributed by atoms with Crippen molar-refractivity contribution in [2.24, 2.45) is 0 Å². The van der Waals surface area contributed by atoms with E-state index in [1.54, 1.807) is 20.8 Å². The first kappa shape index (κ1) is 11.1. The number of alkyl halides is 3. The van der Waals surface area contributed by atoms with E-state index in [0.717, 1.165) is 11.8 Å². The van der Waals surface area contributed by atoms with Crippen LogP contribution in [0.5, 0.6) is 0 Å². The molecule has 0 saturated carbocycles. The lowest BCUT2D eigenvalue weighted by Gasteiger charge is -2.19. The molecule has 0 amide bonds. The van der Waals surface area contributed by atoms with E-state index in [2.05, 4.69) is 0 Å². The van der Waals surface area contributed by atoms with Gasteiger partial charge in [-0.05, 0) is 11.7 Å². The van der Waals surface area contributed by atoms with Crippen LogP contribution in [0, 0.1) is 0 Å². The van der Waals surface area contributed by atoms with Gasteiger partial charge in [0.05, 0.1) is 0 Å². The summed E-state index contributed by atoms with van der Waals surface area (Å²) in [6.45, 7) is 5.12. The van der Waals surface area contributed by atoms with E-state index in [9.17, 15) is 13.2 Å². The average molecular weight is 186 g/mol. The normalized spacial score (nSPS) is 15.5. The van der Waals surface area contributed by atoms with Crippen LogP contribution in [-0.4, -0.2) is 16.7 Å². The van der Waals surface area contributed by atoms with Crippen molar-refractivity contribution >= 4 is 11.8 Å². The van der Waals surface area contributed by atoms with Crippen molar-refractivity contribution in [3.8, 4) is 0 Å². The fraction of sp³-hybridized carbons (Fsp3) is 1.00. The zero-order chi connectivity index (χ0) is 9.07. The van der Waals surface area contributed by atoms with E-state index in [1.807, 2.05) is 0 Å². The molecule has 0 aliphatic rings. The first-order valence-electron chi connectivity index (χ1n) is 3.60. The van der Waals surface area contributed by atoms with Crippen LogP contribution in [-0.2, 0) is 0 Å². The molecule has 0 aliphatic heterocycles. The lowest BCUT2D eigenvalue weighted by Crippen LogP contribution is -2.26. The van der Waals surface area contributed by atoms with Gasteiger partial charge in [-0.3, -0.25) is 0 Å². The summed E-state index contributed by atoms with van der Waals surface area (Å²) in [6.07, 6.45) is -3.88. The molecular formula is C7H13F3S. The topological polar surface area (TPSA) is 0 Å². The van der Waals surface area contributed by atoms with Crippen LogP contribution in [0.1, 0.15) is 27.2 Å². The van der Waals surface area contributed by atoms with Gasteiger partial charge in [-0.15, -0.1) is 11.8 Å². The molecule has 0 heterocycles. The summed E-state index contributed by atoms with van der Waals surface area (Å²) in [5.41, 5.74) is 0. The standard InChI is InChI=1S/C7H13F3S/c1-4-6(7(8,9)10)11-5(2)3/h5-6H,4H2,1-3H3. The van der Waals surface area contributed by atoms with Crippen molar-refractivity contribution in [3.05, 3.63) is 0 Å². The largest absolute Gasteiger partial charge is 0.400 e. The molecule has 0 aromatic carbocycles. The van der Waals surface area contributed by atoms with Crippen molar-refractivity contribution in [1.29, 1.82) is 0 Å². The maximum Gasteiger partial charge on any atom is 0.400 e. The van der Waals surface area contributed by atoms with Crippen LogP contribution in [0.3, 0.4) is 0 Å². The minimum absolute atomic E-state index is 0.0431. The highest BCUT2D eigenvalue weighted by molar-refractivity contribution is 8.00. The Morgan fingerprint density at radius 3 is 1.82 bits per heavy atom. The molecule has 68 valence electrons. The lowest BCUT2D eigenvalue weighted by molar-refractivity contribution is -0.129. The minimum Gasteiger partial charge on any atom is -0.170 e. The molecule has 0 rings (SSSR count). The van der Waals surface area contributed by atoms with E-state index in [-0.39, 0.29) is 11.7 Å². The van der Waals surface area contributed by atoms with Gasteiger partial charge in [0, 0.05) is 0 Å². The van der Waals surface area contributed by atoms with Crippen LogP contribution < -0.4 is 0 Å². The van der Waals surface area contributed by atoms with Gasteiger partial charge >= 0.3 is 6.18 Å². The van der Waals surface area contributed by atoms with E-state index < -0.39 is 11.4 Å². The van der Waals surface area contributed by atoms with Crippen LogP contribution in [0.25, 0.3) is 0 Å². The van der Waals surface area contributed by atoms with Crippen molar-refractivity contribution < 1.29 is 13.2 Å². The summed E-state index contributed by atoms with van der Waals surface area (Å²) in [4.78, 5) is 0. The van der Waals surface area contributed by atoms with Gasteiger partial charge in [0.25, 0.3) is 0 Å². The van der Waals surface area contributed by atoms with Crippen molar-refractivity contribution in [1.82, 2.24) is 0 Å². The van der Waals surface area contributed by atoms with Crippen molar-refractivity contribution in [2.75, 3.05) is 0 Å². The first-order valence-corrected chi connectivity index (χ1v) is 4.54. The Morgan fingerprint density at radius 1 is 1.27 bits per heavy atom. The zero-order valence-electron chi connectivity index (χ0n) is 6.90. The quantitative estimate of drug-likeness (QED) is 0.650. The van der Waals surface area contributed by atoms with Crippen molar-refractivity contribution in [2.45, 2.75) is 43.9 Å². The third-order valence-electron chi connectivity index (χ3n) is 1.17. The summed E-state index contributed by atoms with van der Waals surface area (Å²) in [5, 5.41) is -1.15. The SMILES string of the molecule is CCC(SC(C)C)C(F)(F)F. The summed E-state index contributed by atoms with van der Waals surface area (Å²) >= 11 is 0.981. The molecule has 0 N–H and O–H groups in total. The van der Waals surface area contributed by atoms with Gasteiger partial charge in [-0.1, -0.05) is 20.8 Å². The van der Waals surface area contributed by atoms with E-state index in [1.165, 1.54) is 0 Å². The van der Waals surface area contributed by atoms with E-state index in [0.29, 0.717) is 0 Å². The fourth-order valence-corrected chi connectivity index (χ4v) is 1.74. The van der Waals surface area contributed by atoms with Gasteiger partial charge in [-0.2, -0.15) is 13.2 Å². The van der Waals surface area contributed by atoms with Gasteiger partial charge < -0.3 is 0 Å². The Balaban J connectivity index is 3.96. The molecule has 11 heavy (non-hydrogen) atoms. The molecule has 1 unspecified atom stereocenters. The van der Waals surface area contributed by atoms with E-state index in [4.69, 9.17) is 0 Å². The van der Waals surface area contributed by atoms with Gasteiger partial charge in [0.1, 0.15) is 5.25 Å². The first-order chi connectivity index (χ1) is 4.88. The molecule has 0 aromatic rings. The summed E-state index contributed by atoms with van der Waals surface area (Å²) < 4.78 is 36.2. The Labute approximate surface area is 69.5 Å². The second-order valence-corrected chi connectivity index (χ2v) is 4.41. The molecule has 4 heteroatoms. The molecule has 1 atom stereocenters. The van der Waals surface area contributed by atoms with Crippen LogP contribution in [0.15, 0.2) is 0 Å². The molecule has 0 radical (unpaired) electrons. The summed E-state index contributed by atoms with van der Waals surface area (Å²) in [7, 11) is 0. The minimum atomic E-state index is -4.04. The van der Waals surface area contributed by atoms with Crippen LogP contribution in [0.2, 0.25) is 0 Å². The summed E-state index contributed by atoms with van der Waals surface area (Å²) in [5.74, 6) is 0. The lowest BCUT2D eigenvalue weighted by atomic mass is 10.3. The molecule has 0 spiro atoms. The molecule has 0 saturated heterocycles. The van der Waals surface area contributed by atoms with Crippen LogP contribution >= 0.6 is 11.8 Å². The van der Waals surface area contributed by atoms with Gasteiger partial charge in [0.2, 0.25) is 0 Å². The number of halogens is 3. The third kappa shape index (κ3) is 4.56. The number of rotatable bonds is 3. The highest BCUT2D eigenvalue weighted by Crippen LogP contribution is 2.34. The maximum atomic E-state index is 12.1. The number of hydrogen-bond donors (Lipinski definition) is 0. The third-order valence-corrected chi connectivity index (χ3v) is 2.65. The predicted octanol–water partition coefficient (Wildman–Crippen LogP) is 3.47. The molecule has 0 aliphatic carbocycles. The number of thioether (sulfide) groups is 1. The van der Waals surface area contributed by atoms with Gasteiger partial charge in [-0.25, -0.2) is 0 Å². The smallest absolute Gasteiger partial charge is 0.170 e. The van der Waals surface area contributed by atoms with E-state index >= 15 is 0 Å². The average Bonchev–Trinajstić information content (AvgIpc) is 1.79. The maximum absolute atomic E-state index is 12.1. The monoisotopic (exact) mass is 186 g/mol. The molecule has 0 fully saturated rings. The van der Waals surface area contributed by atoms with Crippen molar-refractivity contribution in [3.63, 3.8) is 0 Å². The zero-order valence-corrected chi connectivity index (χ0v) is 7.72. The summed E-state index contributed by atoms with van der Waals surface area (Å²) in [6, 6.07) is 0. The van der Waals surface area contributed by atoms with Gasteiger partial charge in [0.15, 0.2) is 0 Å². The fourth-order valence-electron chi connectivity index (χ4n) is 0.733. The molecular weight excluding hydrogens is 173 g/mol. The molecule has 0 aromatic heterocycles. The Bertz CT molecular complexity index is 109. The predicted molar refractivity (Wildman–Crippen MR) is 42.9 cm³/mol.